The molecule has 6 heteroatoms. The smallest absolute Gasteiger partial charge is 0.272 e. The zero-order chi connectivity index (χ0) is 15.1. The number of H-pyrrole nitrogens is 1. The number of hydrogen-bond donors (Lipinski definition) is 1. The highest BCUT2D eigenvalue weighted by Gasteiger charge is 2.29. The summed E-state index contributed by atoms with van der Waals surface area (Å²) in [6.45, 7) is 1.48. The highest BCUT2D eigenvalue weighted by Crippen LogP contribution is 2.26. The summed E-state index contributed by atoms with van der Waals surface area (Å²) >= 11 is 0. The predicted molar refractivity (Wildman–Crippen MR) is 82.6 cm³/mol. The van der Waals surface area contributed by atoms with E-state index in [9.17, 15) is 4.79 Å². The van der Waals surface area contributed by atoms with E-state index in [4.69, 9.17) is 0 Å². The van der Waals surface area contributed by atoms with Gasteiger partial charge in [0.2, 0.25) is 0 Å². The van der Waals surface area contributed by atoms with Crippen LogP contribution >= 0.6 is 0 Å². The SMILES string of the molecule is Cn1ccc2ccc(C(=O)N3CCC(c4ccn[nH]4)C3)nc21. The van der Waals surface area contributed by atoms with Crippen molar-refractivity contribution in [2.75, 3.05) is 13.1 Å². The lowest BCUT2D eigenvalue weighted by atomic mass is 10.1. The molecule has 1 aliphatic heterocycles. The first-order valence-electron chi connectivity index (χ1n) is 7.43. The summed E-state index contributed by atoms with van der Waals surface area (Å²) in [5, 5.41) is 8.04. The van der Waals surface area contributed by atoms with Crippen molar-refractivity contribution in [3.8, 4) is 0 Å². The van der Waals surface area contributed by atoms with Gasteiger partial charge in [-0.1, -0.05) is 0 Å². The van der Waals surface area contributed by atoms with Crippen molar-refractivity contribution < 1.29 is 4.79 Å². The number of aromatic amines is 1. The number of likely N-dealkylation sites (tertiary alicyclic amines) is 1. The molecule has 3 aromatic rings. The van der Waals surface area contributed by atoms with Crippen molar-refractivity contribution in [1.29, 1.82) is 0 Å². The fraction of sp³-hybridized carbons (Fsp3) is 0.312. The molecular formula is C16H17N5O. The van der Waals surface area contributed by atoms with Crippen LogP contribution in [-0.2, 0) is 7.05 Å². The number of aromatic nitrogens is 4. The van der Waals surface area contributed by atoms with Crippen LogP contribution in [0, 0.1) is 0 Å². The fourth-order valence-electron chi connectivity index (χ4n) is 3.11. The molecule has 1 saturated heterocycles. The van der Waals surface area contributed by atoms with Crippen LogP contribution in [0.2, 0.25) is 0 Å². The third-order valence-electron chi connectivity index (χ3n) is 4.37. The Labute approximate surface area is 127 Å². The van der Waals surface area contributed by atoms with Crippen molar-refractivity contribution in [1.82, 2.24) is 24.6 Å². The molecule has 1 unspecified atom stereocenters. The van der Waals surface area contributed by atoms with Crippen LogP contribution in [0.15, 0.2) is 36.7 Å². The topological polar surface area (TPSA) is 66.8 Å². The number of aryl methyl sites for hydroxylation is 1. The standard InChI is InChI=1S/C16H17N5O/c1-20-8-5-11-2-3-14(18-15(11)20)16(22)21-9-6-12(10-21)13-4-7-17-19-13/h2-5,7-8,12H,6,9-10H2,1H3,(H,17,19). The Balaban J connectivity index is 1.57. The van der Waals surface area contributed by atoms with Crippen LogP contribution in [0.1, 0.15) is 28.5 Å². The highest BCUT2D eigenvalue weighted by atomic mass is 16.2. The van der Waals surface area contributed by atoms with Gasteiger partial charge in [-0.05, 0) is 30.7 Å². The van der Waals surface area contributed by atoms with Crippen LogP contribution < -0.4 is 0 Å². The minimum absolute atomic E-state index is 0.00474. The van der Waals surface area contributed by atoms with Crippen LogP contribution in [0.4, 0.5) is 0 Å². The van der Waals surface area contributed by atoms with Crippen LogP contribution in [0.5, 0.6) is 0 Å². The molecule has 1 amide bonds. The average Bonchev–Trinajstić information content (AvgIpc) is 3.27. The lowest BCUT2D eigenvalue weighted by Gasteiger charge is -2.15. The highest BCUT2D eigenvalue weighted by molar-refractivity contribution is 5.94. The Morgan fingerprint density at radius 1 is 1.32 bits per heavy atom. The molecule has 1 fully saturated rings. The van der Waals surface area contributed by atoms with Gasteiger partial charge < -0.3 is 9.47 Å². The zero-order valence-corrected chi connectivity index (χ0v) is 12.4. The van der Waals surface area contributed by atoms with E-state index in [2.05, 4.69) is 15.2 Å². The van der Waals surface area contributed by atoms with Gasteiger partial charge in [-0.3, -0.25) is 9.89 Å². The van der Waals surface area contributed by atoms with E-state index in [0.717, 1.165) is 29.7 Å². The van der Waals surface area contributed by atoms with E-state index >= 15 is 0 Å². The lowest BCUT2D eigenvalue weighted by molar-refractivity contribution is 0.0785. The second-order valence-corrected chi connectivity index (χ2v) is 5.78. The number of hydrogen-bond acceptors (Lipinski definition) is 3. The Morgan fingerprint density at radius 2 is 2.23 bits per heavy atom. The molecule has 112 valence electrons. The molecular weight excluding hydrogens is 278 g/mol. The molecule has 0 aliphatic carbocycles. The van der Waals surface area contributed by atoms with Gasteiger partial charge in [0.1, 0.15) is 11.3 Å². The van der Waals surface area contributed by atoms with Gasteiger partial charge in [0.05, 0.1) is 0 Å². The molecule has 4 heterocycles. The average molecular weight is 295 g/mol. The zero-order valence-electron chi connectivity index (χ0n) is 12.4. The van der Waals surface area contributed by atoms with E-state index in [1.54, 1.807) is 6.20 Å². The number of carbonyl (C=O) groups is 1. The predicted octanol–water partition coefficient (Wildman–Crippen LogP) is 1.93. The summed E-state index contributed by atoms with van der Waals surface area (Å²) in [4.78, 5) is 19.1. The molecule has 0 spiro atoms. The normalized spacial score (nSPS) is 18.2. The number of fused-ring (bicyclic) bond motifs is 1. The van der Waals surface area contributed by atoms with Gasteiger partial charge in [-0.2, -0.15) is 5.10 Å². The molecule has 22 heavy (non-hydrogen) atoms. The first kappa shape index (κ1) is 13.1. The van der Waals surface area contributed by atoms with E-state index < -0.39 is 0 Å². The minimum Gasteiger partial charge on any atom is -0.337 e. The molecule has 1 N–H and O–H groups in total. The van der Waals surface area contributed by atoms with Crippen LogP contribution in [0.3, 0.4) is 0 Å². The monoisotopic (exact) mass is 295 g/mol. The van der Waals surface area contributed by atoms with Gasteiger partial charge in [0.25, 0.3) is 5.91 Å². The molecule has 3 aromatic heterocycles. The van der Waals surface area contributed by atoms with Crippen molar-refractivity contribution in [2.45, 2.75) is 12.3 Å². The van der Waals surface area contributed by atoms with E-state index in [1.165, 1.54) is 0 Å². The minimum atomic E-state index is 0.00474. The molecule has 0 radical (unpaired) electrons. The van der Waals surface area contributed by atoms with Crippen molar-refractivity contribution >= 4 is 16.9 Å². The van der Waals surface area contributed by atoms with Gasteiger partial charge >= 0.3 is 0 Å². The maximum absolute atomic E-state index is 12.7. The lowest BCUT2D eigenvalue weighted by Crippen LogP contribution is -2.29. The second kappa shape index (κ2) is 4.98. The first-order chi connectivity index (χ1) is 10.7. The van der Waals surface area contributed by atoms with Crippen molar-refractivity contribution in [3.05, 3.63) is 48.0 Å². The summed E-state index contributed by atoms with van der Waals surface area (Å²) in [7, 11) is 1.94. The van der Waals surface area contributed by atoms with Crippen LogP contribution in [0.25, 0.3) is 11.0 Å². The number of nitrogens with one attached hydrogen (secondary N) is 1. The van der Waals surface area contributed by atoms with Crippen molar-refractivity contribution in [3.63, 3.8) is 0 Å². The summed E-state index contributed by atoms with van der Waals surface area (Å²) in [5.41, 5.74) is 2.45. The number of rotatable bonds is 2. The third kappa shape index (κ3) is 2.07. The Bertz CT molecular complexity index is 820. The molecule has 1 aliphatic rings. The summed E-state index contributed by atoms with van der Waals surface area (Å²) in [6.07, 6.45) is 4.67. The molecule has 6 nitrogen and oxygen atoms in total. The van der Waals surface area contributed by atoms with Crippen molar-refractivity contribution in [2.24, 2.45) is 7.05 Å². The quantitative estimate of drug-likeness (QED) is 0.785. The molecule has 0 saturated carbocycles. The molecule has 1 atom stereocenters. The Hall–Kier alpha value is -2.63. The summed E-state index contributed by atoms with van der Waals surface area (Å²) in [5.74, 6) is 0.343. The van der Waals surface area contributed by atoms with Gasteiger partial charge in [0.15, 0.2) is 0 Å². The molecule has 4 rings (SSSR count). The number of carbonyl (C=O) groups excluding carboxylic acids is 1. The number of pyridine rings is 1. The van der Waals surface area contributed by atoms with Gasteiger partial charge in [-0.15, -0.1) is 0 Å². The third-order valence-corrected chi connectivity index (χ3v) is 4.37. The van der Waals surface area contributed by atoms with Crippen LogP contribution in [-0.4, -0.2) is 43.6 Å². The summed E-state index contributed by atoms with van der Waals surface area (Å²) in [6, 6.07) is 7.75. The fourth-order valence-corrected chi connectivity index (χ4v) is 3.11. The maximum Gasteiger partial charge on any atom is 0.272 e. The molecule has 0 bridgehead atoms. The Morgan fingerprint density at radius 3 is 3.05 bits per heavy atom. The first-order valence-corrected chi connectivity index (χ1v) is 7.43. The Kier molecular flexibility index (Phi) is 2.96. The van der Waals surface area contributed by atoms with E-state index in [1.807, 2.05) is 47.0 Å². The van der Waals surface area contributed by atoms with Gasteiger partial charge in [0, 0.05) is 49.5 Å². The van der Waals surface area contributed by atoms with E-state index in [-0.39, 0.29) is 5.91 Å². The second-order valence-electron chi connectivity index (χ2n) is 5.78. The number of amides is 1. The number of nitrogens with zero attached hydrogens (tertiary/aromatic N) is 4. The van der Waals surface area contributed by atoms with Gasteiger partial charge in [-0.25, -0.2) is 4.98 Å². The largest absolute Gasteiger partial charge is 0.337 e. The molecule has 0 aromatic carbocycles. The van der Waals surface area contributed by atoms with E-state index in [0.29, 0.717) is 18.2 Å². The maximum atomic E-state index is 12.7. The summed E-state index contributed by atoms with van der Waals surface area (Å²) < 4.78 is 1.93.